The average molecular weight is 282 g/mol. The first-order chi connectivity index (χ1) is 9.10. The summed E-state index contributed by atoms with van der Waals surface area (Å²) in [5, 5.41) is 18.5. The number of ether oxygens (including phenoxy) is 1. The van der Waals surface area contributed by atoms with Gasteiger partial charge in [0, 0.05) is 12.8 Å². The SMILES string of the molecule is COc1ccsc1-c1nnc(CC(C)CC(=O)O)o1. The van der Waals surface area contributed by atoms with E-state index in [9.17, 15) is 4.79 Å². The van der Waals surface area contributed by atoms with Crippen molar-refractivity contribution >= 4 is 17.3 Å². The van der Waals surface area contributed by atoms with E-state index < -0.39 is 5.97 Å². The molecule has 7 heteroatoms. The van der Waals surface area contributed by atoms with Crippen molar-refractivity contribution < 1.29 is 19.1 Å². The summed E-state index contributed by atoms with van der Waals surface area (Å²) in [6, 6.07) is 1.83. The topological polar surface area (TPSA) is 85.5 Å². The van der Waals surface area contributed by atoms with Crippen molar-refractivity contribution in [3.8, 4) is 16.5 Å². The third-order valence-electron chi connectivity index (χ3n) is 2.56. The predicted molar refractivity (Wildman–Crippen MR) is 69.3 cm³/mol. The number of hydrogen-bond donors (Lipinski definition) is 1. The van der Waals surface area contributed by atoms with Gasteiger partial charge >= 0.3 is 5.97 Å². The van der Waals surface area contributed by atoms with Crippen LogP contribution in [0.3, 0.4) is 0 Å². The van der Waals surface area contributed by atoms with Gasteiger partial charge in [-0.15, -0.1) is 21.5 Å². The Balaban J connectivity index is 2.09. The molecule has 0 aliphatic rings. The molecule has 102 valence electrons. The maximum atomic E-state index is 10.6. The molecule has 0 amide bonds. The van der Waals surface area contributed by atoms with Gasteiger partial charge in [0.1, 0.15) is 10.6 Å². The number of carboxylic acids is 1. The molecular formula is C12H14N2O4S. The molecule has 2 aromatic heterocycles. The van der Waals surface area contributed by atoms with Crippen LogP contribution in [0.25, 0.3) is 10.8 Å². The Bertz CT molecular complexity index is 564. The lowest BCUT2D eigenvalue weighted by molar-refractivity contribution is -0.137. The van der Waals surface area contributed by atoms with Gasteiger partial charge in [-0.3, -0.25) is 4.79 Å². The number of rotatable bonds is 6. The molecule has 0 bridgehead atoms. The molecule has 2 rings (SSSR count). The Morgan fingerprint density at radius 3 is 3.05 bits per heavy atom. The summed E-state index contributed by atoms with van der Waals surface area (Å²) in [5.74, 6) is 0.672. The van der Waals surface area contributed by atoms with Gasteiger partial charge in [-0.1, -0.05) is 6.92 Å². The van der Waals surface area contributed by atoms with Gasteiger partial charge in [0.2, 0.25) is 5.89 Å². The molecule has 6 nitrogen and oxygen atoms in total. The Hall–Kier alpha value is -1.89. The number of carboxylic acid groups (broad SMARTS) is 1. The monoisotopic (exact) mass is 282 g/mol. The standard InChI is InChI=1S/C12H14N2O4S/c1-7(6-10(15)16)5-9-13-14-12(18-9)11-8(17-2)3-4-19-11/h3-4,7H,5-6H2,1-2H3,(H,15,16). The first-order valence-electron chi connectivity index (χ1n) is 5.76. The number of methoxy groups -OCH3 is 1. The summed E-state index contributed by atoms with van der Waals surface area (Å²) in [5.41, 5.74) is 0. The van der Waals surface area contributed by atoms with Crippen molar-refractivity contribution in [2.24, 2.45) is 5.92 Å². The molecule has 0 aliphatic heterocycles. The van der Waals surface area contributed by atoms with E-state index in [0.29, 0.717) is 24.0 Å². The van der Waals surface area contributed by atoms with E-state index in [1.807, 2.05) is 18.4 Å². The molecule has 0 aromatic carbocycles. The molecule has 1 unspecified atom stereocenters. The highest BCUT2D eigenvalue weighted by Crippen LogP contribution is 2.34. The first-order valence-corrected chi connectivity index (χ1v) is 6.64. The lowest BCUT2D eigenvalue weighted by atomic mass is 10.0. The smallest absolute Gasteiger partial charge is 0.303 e. The van der Waals surface area contributed by atoms with Crippen LogP contribution in [0.15, 0.2) is 15.9 Å². The van der Waals surface area contributed by atoms with Crippen molar-refractivity contribution in [3.05, 3.63) is 17.3 Å². The lowest BCUT2D eigenvalue weighted by Gasteiger charge is -2.03. The van der Waals surface area contributed by atoms with Crippen molar-refractivity contribution in [1.29, 1.82) is 0 Å². The lowest BCUT2D eigenvalue weighted by Crippen LogP contribution is -2.07. The van der Waals surface area contributed by atoms with E-state index in [0.717, 1.165) is 4.88 Å². The van der Waals surface area contributed by atoms with Crippen LogP contribution in [0.4, 0.5) is 0 Å². The molecule has 0 fully saturated rings. The average Bonchev–Trinajstić information content (AvgIpc) is 2.94. The van der Waals surface area contributed by atoms with Crippen LogP contribution in [-0.4, -0.2) is 28.4 Å². The molecule has 0 spiro atoms. The Labute approximate surface area is 114 Å². The highest BCUT2D eigenvalue weighted by Gasteiger charge is 2.17. The van der Waals surface area contributed by atoms with Gasteiger partial charge in [-0.2, -0.15) is 0 Å². The van der Waals surface area contributed by atoms with Crippen LogP contribution in [0, 0.1) is 5.92 Å². The fraction of sp³-hybridized carbons (Fsp3) is 0.417. The fourth-order valence-corrected chi connectivity index (χ4v) is 2.49. The minimum absolute atomic E-state index is 0.0453. The summed E-state index contributed by atoms with van der Waals surface area (Å²) in [7, 11) is 1.58. The van der Waals surface area contributed by atoms with Gasteiger partial charge in [-0.05, 0) is 17.4 Å². The second-order valence-corrected chi connectivity index (χ2v) is 5.14. The van der Waals surface area contributed by atoms with Crippen LogP contribution < -0.4 is 4.74 Å². The summed E-state index contributed by atoms with van der Waals surface area (Å²) in [6.45, 7) is 1.84. The Kier molecular flexibility index (Phi) is 4.16. The maximum Gasteiger partial charge on any atom is 0.303 e. The minimum Gasteiger partial charge on any atom is -0.495 e. The zero-order valence-electron chi connectivity index (χ0n) is 10.6. The molecule has 0 saturated carbocycles. The number of aromatic nitrogens is 2. The third kappa shape index (κ3) is 3.31. The fourth-order valence-electron chi connectivity index (χ4n) is 1.71. The second-order valence-electron chi connectivity index (χ2n) is 4.23. The number of nitrogens with zero attached hydrogens (tertiary/aromatic N) is 2. The highest BCUT2D eigenvalue weighted by atomic mass is 32.1. The predicted octanol–water partition coefficient (Wildman–Crippen LogP) is 2.46. The van der Waals surface area contributed by atoms with Crippen LogP contribution >= 0.6 is 11.3 Å². The minimum atomic E-state index is -0.827. The molecule has 2 aromatic rings. The molecular weight excluding hydrogens is 268 g/mol. The van der Waals surface area contributed by atoms with Gasteiger partial charge in [0.25, 0.3) is 5.89 Å². The van der Waals surface area contributed by atoms with E-state index in [1.54, 1.807) is 7.11 Å². The number of aliphatic carboxylic acids is 1. The first kappa shape index (κ1) is 13.5. The molecule has 19 heavy (non-hydrogen) atoms. The van der Waals surface area contributed by atoms with E-state index in [1.165, 1.54) is 11.3 Å². The van der Waals surface area contributed by atoms with Crippen molar-refractivity contribution in [2.45, 2.75) is 19.8 Å². The summed E-state index contributed by atoms with van der Waals surface area (Å²) >= 11 is 1.45. The number of carbonyl (C=O) groups is 1. The van der Waals surface area contributed by atoms with Crippen LogP contribution in [0.1, 0.15) is 19.2 Å². The third-order valence-corrected chi connectivity index (χ3v) is 3.44. The summed E-state index contributed by atoms with van der Waals surface area (Å²) in [4.78, 5) is 11.4. The van der Waals surface area contributed by atoms with Gasteiger partial charge in [0.15, 0.2) is 0 Å². The van der Waals surface area contributed by atoms with Crippen molar-refractivity contribution in [3.63, 3.8) is 0 Å². The van der Waals surface area contributed by atoms with E-state index in [2.05, 4.69) is 10.2 Å². The van der Waals surface area contributed by atoms with E-state index in [4.69, 9.17) is 14.3 Å². The van der Waals surface area contributed by atoms with Gasteiger partial charge < -0.3 is 14.3 Å². The Morgan fingerprint density at radius 2 is 2.37 bits per heavy atom. The number of thiophene rings is 1. The molecule has 2 heterocycles. The van der Waals surface area contributed by atoms with E-state index >= 15 is 0 Å². The van der Waals surface area contributed by atoms with Crippen molar-refractivity contribution in [2.75, 3.05) is 7.11 Å². The quantitative estimate of drug-likeness (QED) is 0.876. The number of hydrogen-bond acceptors (Lipinski definition) is 6. The maximum absolute atomic E-state index is 10.6. The molecule has 0 radical (unpaired) electrons. The zero-order valence-corrected chi connectivity index (χ0v) is 11.4. The van der Waals surface area contributed by atoms with Gasteiger partial charge in [0.05, 0.1) is 7.11 Å². The Morgan fingerprint density at radius 1 is 1.58 bits per heavy atom. The molecule has 0 aliphatic carbocycles. The van der Waals surface area contributed by atoms with Crippen LogP contribution in [0.2, 0.25) is 0 Å². The van der Waals surface area contributed by atoms with Crippen LogP contribution in [-0.2, 0) is 11.2 Å². The van der Waals surface area contributed by atoms with Crippen molar-refractivity contribution in [1.82, 2.24) is 10.2 Å². The second kappa shape index (κ2) is 5.83. The largest absolute Gasteiger partial charge is 0.495 e. The zero-order chi connectivity index (χ0) is 13.8. The normalized spacial score (nSPS) is 12.3. The molecule has 0 saturated heterocycles. The molecule has 1 N–H and O–H groups in total. The summed E-state index contributed by atoms with van der Waals surface area (Å²) in [6.07, 6.45) is 0.535. The van der Waals surface area contributed by atoms with E-state index in [-0.39, 0.29) is 12.3 Å². The van der Waals surface area contributed by atoms with Gasteiger partial charge in [-0.25, -0.2) is 0 Å². The summed E-state index contributed by atoms with van der Waals surface area (Å²) < 4.78 is 10.7. The molecule has 1 atom stereocenters. The highest BCUT2D eigenvalue weighted by molar-refractivity contribution is 7.13. The van der Waals surface area contributed by atoms with Crippen LogP contribution in [0.5, 0.6) is 5.75 Å².